The van der Waals surface area contributed by atoms with Crippen LogP contribution >= 0.6 is 0 Å². The molecule has 0 radical (unpaired) electrons. The number of fused-ring (bicyclic) bond motifs is 1. The Morgan fingerprint density at radius 3 is 2.67 bits per heavy atom. The number of alkyl halides is 3. The van der Waals surface area contributed by atoms with Crippen LogP contribution in [-0.4, -0.2) is 47.5 Å². The average molecular weight is 453 g/mol. The first kappa shape index (κ1) is 22.5. The molecule has 0 unspecified atom stereocenters. The summed E-state index contributed by atoms with van der Waals surface area (Å²) in [4.78, 5) is 24.6. The van der Waals surface area contributed by atoms with Gasteiger partial charge >= 0.3 is 6.18 Å². The molecule has 3 aromatic rings. The van der Waals surface area contributed by atoms with Gasteiger partial charge in [-0.05, 0) is 55.2 Å². The highest BCUT2D eigenvalue weighted by atomic mass is 19.4. The topological polar surface area (TPSA) is 73.1 Å². The Morgan fingerprint density at radius 2 is 1.97 bits per heavy atom. The first-order valence-corrected chi connectivity index (χ1v) is 10.6. The number of hydrogen-bond acceptors (Lipinski definition) is 5. The summed E-state index contributed by atoms with van der Waals surface area (Å²) in [5, 5.41) is 9.63. The minimum Gasteiger partial charge on any atom is -0.356 e. The van der Waals surface area contributed by atoms with Crippen LogP contribution in [0.2, 0.25) is 0 Å². The summed E-state index contributed by atoms with van der Waals surface area (Å²) in [6, 6.07) is 12.6. The van der Waals surface area contributed by atoms with Gasteiger partial charge in [0.1, 0.15) is 11.5 Å². The van der Waals surface area contributed by atoms with Crippen molar-refractivity contribution < 1.29 is 18.0 Å². The van der Waals surface area contributed by atoms with E-state index in [0.717, 1.165) is 18.9 Å². The second kappa shape index (κ2) is 9.06. The van der Waals surface area contributed by atoms with E-state index in [4.69, 9.17) is 5.26 Å². The monoisotopic (exact) mass is 453 g/mol. The number of rotatable bonds is 4. The van der Waals surface area contributed by atoms with Crippen LogP contribution < -0.4 is 4.90 Å². The summed E-state index contributed by atoms with van der Waals surface area (Å²) in [5.74, 6) is 0.793. The second-order valence-corrected chi connectivity index (χ2v) is 8.20. The number of aromatic nitrogens is 2. The van der Waals surface area contributed by atoms with Crippen molar-refractivity contribution in [1.82, 2.24) is 14.9 Å². The van der Waals surface area contributed by atoms with Gasteiger partial charge in [-0.1, -0.05) is 6.07 Å². The number of nitriles is 1. The summed E-state index contributed by atoms with van der Waals surface area (Å²) in [6.45, 7) is 1.95. The molecule has 1 aliphatic heterocycles. The Hall–Kier alpha value is -3.67. The summed E-state index contributed by atoms with van der Waals surface area (Å²) in [7, 11) is 1.75. The third-order valence-corrected chi connectivity index (χ3v) is 5.92. The first-order chi connectivity index (χ1) is 15.8. The van der Waals surface area contributed by atoms with Gasteiger partial charge in [0.05, 0.1) is 17.1 Å². The molecule has 0 atom stereocenters. The largest absolute Gasteiger partial charge is 0.433 e. The Morgan fingerprint density at radius 1 is 1.21 bits per heavy atom. The normalized spacial score (nSPS) is 14.8. The smallest absolute Gasteiger partial charge is 0.356 e. The number of piperidine rings is 1. The molecule has 6 nitrogen and oxygen atoms in total. The van der Waals surface area contributed by atoms with Crippen LogP contribution in [0.3, 0.4) is 0 Å². The Labute approximate surface area is 189 Å². The molecule has 3 heterocycles. The highest BCUT2D eigenvalue weighted by molar-refractivity contribution is 5.94. The van der Waals surface area contributed by atoms with Gasteiger partial charge in [0.2, 0.25) is 0 Å². The second-order valence-electron chi connectivity index (χ2n) is 8.20. The number of carbonyl (C=O) groups excluding carboxylic acids is 1. The lowest BCUT2D eigenvalue weighted by Crippen LogP contribution is -2.39. The molecule has 1 aromatic carbocycles. The minimum atomic E-state index is -4.49. The van der Waals surface area contributed by atoms with Crippen molar-refractivity contribution in [2.45, 2.75) is 19.0 Å². The maximum Gasteiger partial charge on any atom is 0.433 e. The number of carbonyl (C=O) groups is 1. The molecule has 0 spiro atoms. The maximum absolute atomic E-state index is 13.0. The van der Waals surface area contributed by atoms with Crippen molar-refractivity contribution in [1.29, 1.82) is 5.26 Å². The molecule has 1 fully saturated rings. The molecule has 33 heavy (non-hydrogen) atoms. The van der Waals surface area contributed by atoms with E-state index in [2.05, 4.69) is 14.9 Å². The highest BCUT2D eigenvalue weighted by Crippen LogP contribution is 2.32. The molecule has 1 saturated heterocycles. The van der Waals surface area contributed by atoms with Crippen molar-refractivity contribution in [2.24, 2.45) is 5.92 Å². The molecule has 0 bridgehead atoms. The Balaban J connectivity index is 1.41. The highest BCUT2D eigenvalue weighted by Gasteiger charge is 2.33. The van der Waals surface area contributed by atoms with E-state index < -0.39 is 11.9 Å². The van der Waals surface area contributed by atoms with E-state index in [1.165, 1.54) is 18.3 Å². The SMILES string of the molecule is CN(CC1CCN(c2nccc3nc(C(F)(F)F)ccc23)CC1)C(=O)c1cccc(C#N)c1. The van der Waals surface area contributed by atoms with Crippen LogP contribution in [0.25, 0.3) is 10.9 Å². The molecule has 1 amide bonds. The molecule has 9 heteroatoms. The zero-order chi connectivity index (χ0) is 23.6. The van der Waals surface area contributed by atoms with Crippen molar-refractivity contribution in [3.8, 4) is 6.07 Å². The van der Waals surface area contributed by atoms with Gasteiger partial charge in [-0.25, -0.2) is 9.97 Å². The third-order valence-electron chi connectivity index (χ3n) is 5.92. The Kier molecular flexibility index (Phi) is 6.18. The van der Waals surface area contributed by atoms with Gasteiger partial charge in [-0.15, -0.1) is 0 Å². The van der Waals surface area contributed by atoms with Gasteiger partial charge in [0, 0.05) is 43.8 Å². The lowest BCUT2D eigenvalue weighted by atomic mass is 9.95. The number of amides is 1. The summed E-state index contributed by atoms with van der Waals surface area (Å²) >= 11 is 0. The van der Waals surface area contributed by atoms with E-state index in [1.807, 2.05) is 6.07 Å². The van der Waals surface area contributed by atoms with Gasteiger partial charge < -0.3 is 9.80 Å². The lowest BCUT2D eigenvalue weighted by molar-refractivity contribution is -0.140. The average Bonchev–Trinajstić information content (AvgIpc) is 2.82. The third kappa shape index (κ3) is 4.90. The van der Waals surface area contributed by atoms with Gasteiger partial charge in [0.15, 0.2) is 0 Å². The van der Waals surface area contributed by atoms with Crippen molar-refractivity contribution in [3.63, 3.8) is 0 Å². The summed E-state index contributed by atoms with van der Waals surface area (Å²) < 4.78 is 39.0. The van der Waals surface area contributed by atoms with E-state index >= 15 is 0 Å². The lowest BCUT2D eigenvalue weighted by Gasteiger charge is -2.35. The van der Waals surface area contributed by atoms with Crippen LogP contribution in [0.15, 0.2) is 48.7 Å². The molecule has 4 rings (SSSR count). The fourth-order valence-corrected chi connectivity index (χ4v) is 4.19. The molecule has 170 valence electrons. The summed E-state index contributed by atoms with van der Waals surface area (Å²) in [5.41, 5.74) is 0.280. The molecular formula is C24H22F3N5O. The molecule has 0 aliphatic carbocycles. The fourth-order valence-electron chi connectivity index (χ4n) is 4.19. The predicted molar refractivity (Wildman–Crippen MR) is 118 cm³/mol. The summed E-state index contributed by atoms with van der Waals surface area (Å²) in [6.07, 6.45) is -1.36. The van der Waals surface area contributed by atoms with Crippen LogP contribution in [-0.2, 0) is 6.18 Å². The van der Waals surface area contributed by atoms with Crippen LogP contribution in [0.5, 0.6) is 0 Å². The number of pyridine rings is 2. The number of anilines is 1. The standard InChI is InChI=1S/C24H22F3N5O/c1-31(23(33)18-4-2-3-17(13-18)14-28)15-16-8-11-32(12-9-16)22-19-5-6-21(24(25,26)27)30-20(19)7-10-29-22/h2-7,10,13,16H,8-9,11-12,15H2,1H3. The van der Waals surface area contributed by atoms with Crippen LogP contribution in [0.4, 0.5) is 19.0 Å². The van der Waals surface area contributed by atoms with Crippen molar-refractivity contribution >= 4 is 22.6 Å². The number of halogens is 3. The van der Waals surface area contributed by atoms with Crippen molar-refractivity contribution in [3.05, 3.63) is 65.5 Å². The number of benzene rings is 1. The zero-order valence-electron chi connectivity index (χ0n) is 18.0. The quantitative estimate of drug-likeness (QED) is 0.581. The van der Waals surface area contributed by atoms with E-state index in [0.29, 0.717) is 47.9 Å². The minimum absolute atomic E-state index is 0.128. The zero-order valence-corrected chi connectivity index (χ0v) is 18.0. The first-order valence-electron chi connectivity index (χ1n) is 10.6. The van der Waals surface area contributed by atoms with Crippen molar-refractivity contribution in [2.75, 3.05) is 31.6 Å². The molecule has 2 aromatic heterocycles. The Bertz CT molecular complexity index is 1210. The maximum atomic E-state index is 13.0. The van der Waals surface area contributed by atoms with Crippen LogP contribution in [0.1, 0.15) is 34.5 Å². The van der Waals surface area contributed by atoms with Gasteiger partial charge in [-0.3, -0.25) is 4.79 Å². The predicted octanol–water partition coefficient (Wildman–Crippen LogP) is 4.51. The van der Waals surface area contributed by atoms with E-state index in [1.54, 1.807) is 36.2 Å². The fraction of sp³-hybridized carbons (Fsp3) is 0.333. The molecule has 0 N–H and O–H groups in total. The molecular weight excluding hydrogens is 431 g/mol. The van der Waals surface area contributed by atoms with Crippen LogP contribution in [0, 0.1) is 17.2 Å². The molecule has 1 aliphatic rings. The molecule has 0 saturated carbocycles. The van der Waals surface area contributed by atoms with Gasteiger partial charge in [0.25, 0.3) is 5.91 Å². The van der Waals surface area contributed by atoms with E-state index in [-0.39, 0.29) is 11.4 Å². The number of hydrogen-bond donors (Lipinski definition) is 0. The van der Waals surface area contributed by atoms with Gasteiger partial charge in [-0.2, -0.15) is 18.4 Å². The number of nitrogens with zero attached hydrogens (tertiary/aromatic N) is 5. The van der Waals surface area contributed by atoms with E-state index in [9.17, 15) is 18.0 Å².